The van der Waals surface area contributed by atoms with Crippen molar-refractivity contribution in [2.24, 2.45) is 5.73 Å². The van der Waals surface area contributed by atoms with Crippen molar-refractivity contribution >= 4 is 23.0 Å². The van der Waals surface area contributed by atoms with Gasteiger partial charge in [0.1, 0.15) is 10.8 Å². The van der Waals surface area contributed by atoms with E-state index < -0.39 is 0 Å². The second-order valence-electron chi connectivity index (χ2n) is 4.27. The van der Waals surface area contributed by atoms with Crippen molar-refractivity contribution in [2.75, 3.05) is 18.5 Å². The van der Waals surface area contributed by atoms with Crippen LogP contribution in [0, 0.1) is 6.92 Å². The molecule has 1 aliphatic heterocycles. The number of hydrogen-bond donors (Lipinski definition) is 2. The zero-order valence-corrected chi connectivity index (χ0v) is 10.7. The first-order chi connectivity index (χ1) is 8.16. The van der Waals surface area contributed by atoms with Gasteiger partial charge in [-0.1, -0.05) is 12.2 Å². The van der Waals surface area contributed by atoms with Crippen molar-refractivity contribution in [2.45, 2.75) is 25.8 Å². The first-order valence-electron chi connectivity index (χ1n) is 5.78. The highest BCUT2D eigenvalue weighted by atomic mass is 32.1. The maximum Gasteiger partial charge on any atom is 0.136 e. The van der Waals surface area contributed by atoms with Gasteiger partial charge in [-0.15, -0.1) is 0 Å². The third-order valence-electron chi connectivity index (χ3n) is 2.80. The molecule has 17 heavy (non-hydrogen) atoms. The minimum atomic E-state index is 0.297. The number of hydrogen-bond acceptors (Lipinski definition) is 4. The molecule has 0 aromatic carbocycles. The van der Waals surface area contributed by atoms with E-state index in [0.29, 0.717) is 17.6 Å². The number of nitrogens with two attached hydrogens (primary N) is 1. The van der Waals surface area contributed by atoms with Crippen molar-refractivity contribution in [1.82, 2.24) is 4.98 Å². The van der Waals surface area contributed by atoms with Crippen molar-refractivity contribution in [3.8, 4) is 0 Å². The van der Waals surface area contributed by atoms with Gasteiger partial charge in [0.25, 0.3) is 0 Å². The van der Waals surface area contributed by atoms with Gasteiger partial charge in [-0.25, -0.2) is 4.98 Å². The number of nitrogens with zero attached hydrogens (tertiary/aromatic N) is 1. The molecule has 1 aliphatic rings. The van der Waals surface area contributed by atoms with Crippen LogP contribution in [0.1, 0.15) is 24.1 Å². The lowest BCUT2D eigenvalue weighted by Crippen LogP contribution is -2.31. The summed E-state index contributed by atoms with van der Waals surface area (Å²) < 4.78 is 5.43. The number of rotatable bonds is 3. The lowest BCUT2D eigenvalue weighted by molar-refractivity contribution is 0.0875. The summed E-state index contributed by atoms with van der Waals surface area (Å²) in [4.78, 5) is 4.83. The SMILES string of the molecule is Cc1ccc(C(N)=S)c(NC2CCCOC2)n1. The first kappa shape index (κ1) is 12.3. The molecule has 92 valence electrons. The smallest absolute Gasteiger partial charge is 0.136 e. The second-order valence-corrected chi connectivity index (χ2v) is 4.71. The van der Waals surface area contributed by atoms with Crippen LogP contribution >= 0.6 is 12.2 Å². The second kappa shape index (κ2) is 5.42. The Balaban J connectivity index is 2.17. The van der Waals surface area contributed by atoms with Crippen LogP contribution in [0.3, 0.4) is 0 Å². The fourth-order valence-electron chi connectivity index (χ4n) is 1.91. The summed E-state index contributed by atoms with van der Waals surface area (Å²) in [6.07, 6.45) is 2.16. The van der Waals surface area contributed by atoms with Crippen molar-refractivity contribution in [3.05, 3.63) is 23.4 Å². The Morgan fingerprint density at radius 3 is 3.06 bits per heavy atom. The Hall–Kier alpha value is -1.20. The summed E-state index contributed by atoms with van der Waals surface area (Å²) >= 11 is 5.03. The molecular formula is C12H17N3OS. The van der Waals surface area contributed by atoms with Gasteiger partial charge in [0, 0.05) is 12.3 Å². The molecule has 0 radical (unpaired) electrons. The van der Waals surface area contributed by atoms with Crippen LogP contribution in [0.2, 0.25) is 0 Å². The monoisotopic (exact) mass is 251 g/mol. The lowest BCUT2D eigenvalue weighted by Gasteiger charge is -2.24. The summed E-state index contributed by atoms with van der Waals surface area (Å²) in [5, 5.41) is 3.37. The predicted octanol–water partition coefficient (Wildman–Crippen LogP) is 1.62. The van der Waals surface area contributed by atoms with E-state index in [1.165, 1.54) is 0 Å². The molecule has 1 aromatic rings. The number of pyridine rings is 1. The van der Waals surface area contributed by atoms with Crippen LogP contribution in [-0.4, -0.2) is 29.2 Å². The van der Waals surface area contributed by atoms with E-state index in [-0.39, 0.29) is 0 Å². The first-order valence-corrected chi connectivity index (χ1v) is 6.19. The van der Waals surface area contributed by atoms with Gasteiger partial charge in [-0.3, -0.25) is 0 Å². The summed E-state index contributed by atoms with van der Waals surface area (Å²) in [6.45, 7) is 3.51. The van der Waals surface area contributed by atoms with E-state index >= 15 is 0 Å². The quantitative estimate of drug-likeness (QED) is 0.799. The Morgan fingerprint density at radius 2 is 2.41 bits per heavy atom. The van der Waals surface area contributed by atoms with E-state index in [0.717, 1.165) is 36.5 Å². The van der Waals surface area contributed by atoms with E-state index in [4.69, 9.17) is 22.7 Å². The molecule has 0 bridgehead atoms. The highest BCUT2D eigenvalue weighted by molar-refractivity contribution is 7.80. The molecule has 2 heterocycles. The molecule has 1 saturated heterocycles. The third-order valence-corrected chi connectivity index (χ3v) is 3.02. The van der Waals surface area contributed by atoms with Crippen LogP contribution in [0.15, 0.2) is 12.1 Å². The number of aryl methyl sites for hydroxylation is 1. The molecule has 5 heteroatoms. The summed E-state index contributed by atoms with van der Waals surface area (Å²) in [5.41, 5.74) is 7.44. The average molecular weight is 251 g/mol. The lowest BCUT2D eigenvalue weighted by atomic mass is 10.1. The molecular weight excluding hydrogens is 234 g/mol. The number of aromatic nitrogens is 1. The molecule has 1 aromatic heterocycles. The average Bonchev–Trinajstić information content (AvgIpc) is 2.30. The van der Waals surface area contributed by atoms with Crippen molar-refractivity contribution in [3.63, 3.8) is 0 Å². The number of nitrogens with one attached hydrogen (secondary N) is 1. The largest absolute Gasteiger partial charge is 0.389 e. The highest BCUT2D eigenvalue weighted by Crippen LogP contribution is 2.17. The van der Waals surface area contributed by atoms with Gasteiger partial charge in [0.2, 0.25) is 0 Å². The summed E-state index contributed by atoms with van der Waals surface area (Å²) in [6, 6.07) is 4.12. The Kier molecular flexibility index (Phi) is 3.91. The number of ether oxygens (including phenoxy) is 1. The van der Waals surface area contributed by atoms with Crippen molar-refractivity contribution in [1.29, 1.82) is 0 Å². The Bertz CT molecular complexity index is 416. The van der Waals surface area contributed by atoms with E-state index in [2.05, 4.69) is 10.3 Å². The number of thiocarbonyl (C=S) groups is 1. The third kappa shape index (κ3) is 3.14. The molecule has 1 atom stereocenters. The Labute approximate surface area is 107 Å². The van der Waals surface area contributed by atoms with Crippen LogP contribution in [0.4, 0.5) is 5.82 Å². The molecule has 1 fully saturated rings. The highest BCUT2D eigenvalue weighted by Gasteiger charge is 2.16. The molecule has 1 unspecified atom stereocenters. The summed E-state index contributed by atoms with van der Waals surface area (Å²) in [7, 11) is 0. The predicted molar refractivity (Wildman–Crippen MR) is 72.3 cm³/mol. The van der Waals surface area contributed by atoms with Crippen LogP contribution in [0.5, 0.6) is 0 Å². The number of anilines is 1. The molecule has 4 nitrogen and oxygen atoms in total. The van der Waals surface area contributed by atoms with Gasteiger partial charge in [-0.2, -0.15) is 0 Å². The van der Waals surface area contributed by atoms with E-state index in [9.17, 15) is 0 Å². The fourth-order valence-corrected chi connectivity index (χ4v) is 2.08. The van der Waals surface area contributed by atoms with Crippen LogP contribution in [-0.2, 0) is 4.74 Å². The Morgan fingerprint density at radius 1 is 1.59 bits per heavy atom. The minimum absolute atomic E-state index is 0.297. The van der Waals surface area contributed by atoms with E-state index in [1.807, 2.05) is 19.1 Å². The van der Waals surface area contributed by atoms with Crippen LogP contribution in [0.25, 0.3) is 0 Å². The van der Waals surface area contributed by atoms with Gasteiger partial charge >= 0.3 is 0 Å². The molecule has 0 saturated carbocycles. The molecule has 0 spiro atoms. The maximum absolute atomic E-state index is 5.69. The van der Waals surface area contributed by atoms with Gasteiger partial charge in [-0.05, 0) is 31.9 Å². The van der Waals surface area contributed by atoms with Gasteiger partial charge in [0.05, 0.1) is 18.2 Å². The van der Waals surface area contributed by atoms with Gasteiger partial charge < -0.3 is 15.8 Å². The van der Waals surface area contributed by atoms with E-state index in [1.54, 1.807) is 0 Å². The molecule has 3 N–H and O–H groups in total. The zero-order valence-electron chi connectivity index (χ0n) is 9.90. The van der Waals surface area contributed by atoms with Crippen molar-refractivity contribution < 1.29 is 4.74 Å². The van der Waals surface area contributed by atoms with Gasteiger partial charge in [0.15, 0.2) is 0 Å². The fraction of sp³-hybridized carbons (Fsp3) is 0.500. The topological polar surface area (TPSA) is 60.2 Å². The molecule has 0 aliphatic carbocycles. The summed E-state index contributed by atoms with van der Waals surface area (Å²) in [5.74, 6) is 0.771. The zero-order chi connectivity index (χ0) is 12.3. The maximum atomic E-state index is 5.69. The normalized spacial score (nSPS) is 19.9. The minimum Gasteiger partial charge on any atom is -0.389 e. The van der Waals surface area contributed by atoms with Crippen LogP contribution < -0.4 is 11.1 Å². The standard InChI is InChI=1S/C12H17N3OS/c1-8-4-5-10(11(13)17)12(14-8)15-9-3-2-6-16-7-9/h4-5,9H,2-3,6-7H2,1H3,(H2,13,17)(H,14,15). The molecule has 2 rings (SSSR count). The molecule has 0 amide bonds.